The SMILES string of the molecule is Cn1c(=O)n(C)c2cc([N+](=O)[O-])c(C=NN)cc21. The molecule has 2 aromatic rings. The molecule has 2 rings (SSSR count). The molecule has 0 aliphatic carbocycles. The van der Waals surface area contributed by atoms with Crippen molar-refractivity contribution in [1.82, 2.24) is 9.13 Å². The number of hydrogen-bond donors (Lipinski definition) is 1. The van der Waals surface area contributed by atoms with E-state index in [0.29, 0.717) is 11.0 Å². The third kappa shape index (κ3) is 1.54. The van der Waals surface area contributed by atoms with Crippen LogP contribution in [0.25, 0.3) is 11.0 Å². The number of nitrogens with zero attached hydrogens (tertiary/aromatic N) is 4. The minimum atomic E-state index is -0.534. The van der Waals surface area contributed by atoms with Gasteiger partial charge in [0.25, 0.3) is 5.69 Å². The molecule has 0 bridgehead atoms. The van der Waals surface area contributed by atoms with Gasteiger partial charge in [0.05, 0.1) is 27.7 Å². The summed E-state index contributed by atoms with van der Waals surface area (Å²) < 4.78 is 2.76. The van der Waals surface area contributed by atoms with Crippen LogP contribution < -0.4 is 11.5 Å². The van der Waals surface area contributed by atoms with Crippen LogP contribution in [0.2, 0.25) is 0 Å². The molecule has 0 aliphatic rings. The predicted molar refractivity (Wildman–Crippen MR) is 66.6 cm³/mol. The van der Waals surface area contributed by atoms with Gasteiger partial charge in [-0.3, -0.25) is 19.2 Å². The monoisotopic (exact) mass is 249 g/mol. The Morgan fingerprint density at radius 2 is 1.89 bits per heavy atom. The minimum absolute atomic E-state index is 0.141. The van der Waals surface area contributed by atoms with Gasteiger partial charge in [-0.2, -0.15) is 5.10 Å². The van der Waals surface area contributed by atoms with Gasteiger partial charge in [-0.1, -0.05) is 0 Å². The molecule has 0 radical (unpaired) electrons. The van der Waals surface area contributed by atoms with E-state index in [1.807, 2.05) is 0 Å². The molecule has 18 heavy (non-hydrogen) atoms. The van der Waals surface area contributed by atoms with Crippen LogP contribution in [-0.4, -0.2) is 20.3 Å². The maximum atomic E-state index is 11.7. The number of benzene rings is 1. The summed E-state index contributed by atoms with van der Waals surface area (Å²) >= 11 is 0. The largest absolute Gasteiger partial charge is 0.328 e. The number of hydrazone groups is 1. The Kier molecular flexibility index (Phi) is 2.62. The van der Waals surface area contributed by atoms with Crippen molar-refractivity contribution in [2.24, 2.45) is 25.0 Å². The van der Waals surface area contributed by atoms with Crippen molar-refractivity contribution >= 4 is 22.9 Å². The summed E-state index contributed by atoms with van der Waals surface area (Å²) in [5.41, 5.74) is 0.946. The highest BCUT2D eigenvalue weighted by Crippen LogP contribution is 2.23. The van der Waals surface area contributed by atoms with Crippen LogP contribution in [-0.2, 0) is 14.1 Å². The maximum absolute atomic E-state index is 11.7. The second kappa shape index (κ2) is 3.99. The summed E-state index contributed by atoms with van der Waals surface area (Å²) in [6.07, 6.45) is 1.19. The predicted octanol–water partition coefficient (Wildman–Crippen LogP) is 0.0778. The number of rotatable bonds is 2. The van der Waals surface area contributed by atoms with Gasteiger partial charge in [-0.15, -0.1) is 0 Å². The van der Waals surface area contributed by atoms with Gasteiger partial charge in [0, 0.05) is 20.2 Å². The van der Waals surface area contributed by atoms with E-state index < -0.39 is 4.92 Å². The van der Waals surface area contributed by atoms with E-state index in [1.54, 1.807) is 14.1 Å². The average molecular weight is 249 g/mol. The van der Waals surface area contributed by atoms with E-state index in [9.17, 15) is 14.9 Å². The van der Waals surface area contributed by atoms with Crippen LogP contribution in [0.1, 0.15) is 5.56 Å². The molecule has 0 spiro atoms. The van der Waals surface area contributed by atoms with Gasteiger partial charge in [-0.05, 0) is 6.07 Å². The lowest BCUT2D eigenvalue weighted by atomic mass is 10.1. The fraction of sp³-hybridized carbons (Fsp3) is 0.200. The molecule has 0 saturated heterocycles. The second-order valence-electron chi connectivity index (χ2n) is 3.84. The first-order valence-corrected chi connectivity index (χ1v) is 5.04. The smallest absolute Gasteiger partial charge is 0.323 e. The number of aromatic nitrogens is 2. The first kappa shape index (κ1) is 11.8. The number of nitro benzene ring substituents is 1. The Balaban J connectivity index is 2.93. The highest BCUT2D eigenvalue weighted by Gasteiger charge is 2.18. The fourth-order valence-corrected chi connectivity index (χ4v) is 1.89. The molecule has 2 N–H and O–H groups in total. The third-order valence-electron chi connectivity index (χ3n) is 2.83. The normalized spacial score (nSPS) is 11.4. The first-order chi connectivity index (χ1) is 8.47. The Labute approximate surface area is 101 Å². The summed E-state index contributed by atoms with van der Waals surface area (Å²) in [6, 6.07) is 2.86. The Morgan fingerprint density at radius 1 is 1.33 bits per heavy atom. The van der Waals surface area contributed by atoms with Crippen LogP contribution in [0.4, 0.5) is 5.69 Å². The highest BCUT2D eigenvalue weighted by molar-refractivity contribution is 5.92. The molecule has 1 heterocycles. The Bertz CT molecular complexity index is 725. The molecule has 0 amide bonds. The average Bonchev–Trinajstić information content (AvgIpc) is 2.54. The summed E-state index contributed by atoms with van der Waals surface area (Å²) in [5.74, 6) is 5.02. The molecule has 8 heteroatoms. The summed E-state index contributed by atoms with van der Waals surface area (Å²) in [4.78, 5) is 22.2. The molecular weight excluding hydrogens is 238 g/mol. The van der Waals surface area contributed by atoms with Crippen LogP contribution >= 0.6 is 0 Å². The quantitative estimate of drug-likeness (QED) is 0.351. The molecule has 0 atom stereocenters. The van der Waals surface area contributed by atoms with E-state index in [2.05, 4.69) is 5.10 Å². The zero-order valence-corrected chi connectivity index (χ0v) is 9.82. The lowest BCUT2D eigenvalue weighted by Gasteiger charge is -1.99. The Hall–Kier alpha value is -2.64. The second-order valence-corrected chi connectivity index (χ2v) is 3.84. The molecule has 0 saturated carbocycles. The number of fused-ring (bicyclic) bond motifs is 1. The van der Waals surface area contributed by atoms with E-state index in [-0.39, 0.29) is 16.9 Å². The molecule has 1 aromatic carbocycles. The molecule has 94 valence electrons. The number of hydrogen-bond acceptors (Lipinski definition) is 5. The van der Waals surface area contributed by atoms with Crippen molar-refractivity contribution in [2.75, 3.05) is 0 Å². The van der Waals surface area contributed by atoms with Crippen LogP contribution in [0.15, 0.2) is 22.0 Å². The van der Waals surface area contributed by atoms with Gasteiger partial charge in [-0.25, -0.2) is 4.79 Å². The summed E-state index contributed by atoms with van der Waals surface area (Å²) in [5, 5.41) is 14.2. The number of aryl methyl sites for hydroxylation is 2. The van der Waals surface area contributed by atoms with Crippen molar-refractivity contribution in [2.45, 2.75) is 0 Å². The standard InChI is InChI=1S/C10H11N5O3/c1-13-8-3-6(5-12-11)7(15(17)18)4-9(8)14(2)10(13)16/h3-5H,11H2,1-2H3. The van der Waals surface area contributed by atoms with Crippen molar-refractivity contribution in [3.63, 3.8) is 0 Å². The van der Waals surface area contributed by atoms with Crippen LogP contribution in [0.3, 0.4) is 0 Å². The summed E-state index contributed by atoms with van der Waals surface area (Å²) in [6.45, 7) is 0. The van der Waals surface area contributed by atoms with E-state index in [4.69, 9.17) is 5.84 Å². The van der Waals surface area contributed by atoms with Crippen molar-refractivity contribution in [1.29, 1.82) is 0 Å². The van der Waals surface area contributed by atoms with Gasteiger partial charge < -0.3 is 5.84 Å². The van der Waals surface area contributed by atoms with Crippen molar-refractivity contribution in [3.05, 3.63) is 38.3 Å². The molecule has 8 nitrogen and oxygen atoms in total. The zero-order valence-electron chi connectivity index (χ0n) is 9.82. The third-order valence-corrected chi connectivity index (χ3v) is 2.83. The summed E-state index contributed by atoms with van der Waals surface area (Å²) in [7, 11) is 3.16. The van der Waals surface area contributed by atoms with Gasteiger partial charge in [0.1, 0.15) is 0 Å². The van der Waals surface area contributed by atoms with Crippen molar-refractivity contribution in [3.8, 4) is 0 Å². The number of nitrogens with two attached hydrogens (primary N) is 1. The van der Waals surface area contributed by atoms with E-state index in [1.165, 1.54) is 27.5 Å². The van der Waals surface area contributed by atoms with Gasteiger partial charge >= 0.3 is 5.69 Å². The molecular formula is C10H11N5O3. The maximum Gasteiger partial charge on any atom is 0.328 e. The number of nitro groups is 1. The molecule has 0 aliphatic heterocycles. The van der Waals surface area contributed by atoms with E-state index >= 15 is 0 Å². The lowest BCUT2D eigenvalue weighted by Crippen LogP contribution is -2.19. The minimum Gasteiger partial charge on any atom is -0.323 e. The molecule has 0 fully saturated rings. The van der Waals surface area contributed by atoms with Crippen LogP contribution in [0, 0.1) is 10.1 Å². The molecule has 1 aromatic heterocycles. The highest BCUT2D eigenvalue weighted by atomic mass is 16.6. The fourth-order valence-electron chi connectivity index (χ4n) is 1.89. The van der Waals surface area contributed by atoms with Crippen LogP contribution in [0.5, 0.6) is 0 Å². The Morgan fingerprint density at radius 3 is 2.39 bits per heavy atom. The topological polar surface area (TPSA) is 108 Å². The lowest BCUT2D eigenvalue weighted by molar-refractivity contribution is -0.384. The van der Waals surface area contributed by atoms with E-state index in [0.717, 1.165) is 0 Å². The van der Waals surface area contributed by atoms with Gasteiger partial charge in [0.15, 0.2) is 0 Å². The molecule has 0 unspecified atom stereocenters. The van der Waals surface area contributed by atoms with Crippen molar-refractivity contribution < 1.29 is 4.92 Å². The van der Waals surface area contributed by atoms with Gasteiger partial charge in [0.2, 0.25) is 0 Å². The number of imidazole rings is 1. The zero-order chi connectivity index (χ0) is 13.4. The first-order valence-electron chi connectivity index (χ1n) is 5.04.